The van der Waals surface area contributed by atoms with E-state index in [1.807, 2.05) is 12.2 Å². The summed E-state index contributed by atoms with van der Waals surface area (Å²) in [7, 11) is 0. The first-order chi connectivity index (χ1) is 53.0. The van der Waals surface area contributed by atoms with Gasteiger partial charge in [0, 0.05) is 65.2 Å². The third kappa shape index (κ3) is 67.8. The highest BCUT2D eigenvalue weighted by molar-refractivity contribution is 6.05. The second-order valence-corrected chi connectivity index (χ2v) is 34.5. The fourth-order valence-electron chi connectivity index (χ4n) is 16.9. The summed E-state index contributed by atoms with van der Waals surface area (Å²) in [5, 5.41) is 10.1. The number of allylic oxidation sites excluding steroid dienone is 2. The lowest BCUT2D eigenvalue weighted by atomic mass is 10.0. The maximum atomic E-state index is 13.0. The molecule has 2 saturated heterocycles. The number of hydrogen-bond acceptors (Lipinski definition) is 7. The van der Waals surface area contributed by atoms with Gasteiger partial charge in [0.05, 0.1) is 11.8 Å². The zero-order valence-corrected chi connectivity index (χ0v) is 72.3. The predicted molar refractivity (Wildman–Crippen MR) is 469 cm³/mol. The van der Waals surface area contributed by atoms with Gasteiger partial charge < -0.3 is 16.0 Å². The molecule has 2 fully saturated rings. The molecule has 2 unspecified atom stereocenters. The van der Waals surface area contributed by atoms with Crippen LogP contribution in [0.4, 0.5) is 0 Å². The molecule has 0 saturated carbocycles. The third-order valence-electron chi connectivity index (χ3n) is 24.2. The second-order valence-electron chi connectivity index (χ2n) is 34.5. The van der Waals surface area contributed by atoms with Gasteiger partial charge in [-0.2, -0.15) is 0 Å². The zero-order chi connectivity index (χ0) is 76.4. The van der Waals surface area contributed by atoms with Crippen LogP contribution >= 0.6 is 0 Å². The van der Waals surface area contributed by atoms with Crippen molar-refractivity contribution in [3.8, 4) is 0 Å². The monoisotopic (exact) mass is 1500 g/mol. The fraction of sp³-hybridized carbons (Fsp3) is 0.918. The van der Waals surface area contributed by atoms with Crippen molar-refractivity contribution in [2.75, 3.05) is 52.4 Å². The molecular formula is C98H187N5O4. The van der Waals surface area contributed by atoms with Gasteiger partial charge in [-0.25, -0.2) is 0 Å². The minimum atomic E-state index is -0.309. The maximum absolute atomic E-state index is 13.0. The van der Waals surface area contributed by atoms with Gasteiger partial charge in [-0.1, -0.05) is 500 Å². The Bertz CT molecular complexity index is 1940. The van der Waals surface area contributed by atoms with E-state index in [2.05, 4.69) is 41.9 Å². The van der Waals surface area contributed by atoms with Crippen molar-refractivity contribution in [1.29, 1.82) is 0 Å². The summed E-state index contributed by atoms with van der Waals surface area (Å²) < 4.78 is 0. The number of nitrogens with one attached hydrogen (secondary N) is 3. The number of carbonyl (C=O) groups excluding carboxylic acids is 4. The molecule has 628 valence electrons. The van der Waals surface area contributed by atoms with Crippen LogP contribution in [0.1, 0.15) is 515 Å². The van der Waals surface area contributed by atoms with Crippen molar-refractivity contribution >= 4 is 23.6 Å². The Balaban J connectivity index is 1.23. The first-order valence-corrected chi connectivity index (χ1v) is 49.1. The highest BCUT2D eigenvalue weighted by Gasteiger charge is 2.37. The first kappa shape index (κ1) is 101. The number of imide groups is 2. The lowest BCUT2D eigenvalue weighted by molar-refractivity contribution is -0.140. The zero-order valence-electron chi connectivity index (χ0n) is 72.3. The second kappa shape index (κ2) is 83.1. The molecule has 2 heterocycles. The first-order valence-electron chi connectivity index (χ1n) is 49.1. The molecule has 9 heteroatoms. The lowest BCUT2D eigenvalue weighted by Crippen LogP contribution is -2.40. The molecule has 107 heavy (non-hydrogen) atoms. The molecule has 2 rings (SSSR count). The van der Waals surface area contributed by atoms with Gasteiger partial charge >= 0.3 is 0 Å². The van der Waals surface area contributed by atoms with Crippen molar-refractivity contribution in [3.05, 3.63) is 24.3 Å². The van der Waals surface area contributed by atoms with E-state index in [4.69, 9.17) is 0 Å². The topological polar surface area (TPSA) is 111 Å². The summed E-state index contributed by atoms with van der Waals surface area (Å²) >= 11 is 0. The summed E-state index contributed by atoms with van der Waals surface area (Å²) in [6.45, 7) is 9.63. The summed E-state index contributed by atoms with van der Waals surface area (Å²) in [5.74, 6) is -0.849. The van der Waals surface area contributed by atoms with Crippen molar-refractivity contribution < 1.29 is 19.2 Å². The molecule has 0 aromatic carbocycles. The van der Waals surface area contributed by atoms with E-state index in [0.29, 0.717) is 39.0 Å². The van der Waals surface area contributed by atoms with Gasteiger partial charge in [0.15, 0.2) is 0 Å². The molecule has 4 amide bonds. The lowest BCUT2D eigenvalue weighted by Gasteiger charge is -2.15. The Hall–Kier alpha value is -2.36. The van der Waals surface area contributed by atoms with E-state index in [9.17, 15) is 19.2 Å². The van der Waals surface area contributed by atoms with Gasteiger partial charge in [-0.05, 0) is 25.7 Å². The van der Waals surface area contributed by atoms with E-state index in [0.717, 1.165) is 51.9 Å². The van der Waals surface area contributed by atoms with Crippen LogP contribution in [-0.4, -0.2) is 85.8 Å². The van der Waals surface area contributed by atoms with Gasteiger partial charge in [0.1, 0.15) is 0 Å². The third-order valence-corrected chi connectivity index (χ3v) is 24.2. The number of nitrogens with zero attached hydrogens (tertiary/aromatic N) is 2. The average Bonchev–Trinajstić information content (AvgIpc) is 1.71. The summed E-state index contributed by atoms with van der Waals surface area (Å²) in [6.07, 6.45) is 117. The molecule has 3 N–H and O–H groups in total. The number of rotatable bonds is 90. The molecule has 0 aliphatic carbocycles. The smallest absolute Gasteiger partial charge is 0.236 e. The predicted octanol–water partition coefficient (Wildman–Crippen LogP) is 29.3. The normalized spacial score (nSPS) is 15.0. The van der Waals surface area contributed by atoms with Crippen LogP contribution in [0.2, 0.25) is 0 Å². The standard InChI is InChI=1S/C98H187N5O4/c1-3-5-7-9-11-13-15-17-19-21-23-25-27-29-31-33-35-37-39-41-42-43-44-45-46-48-50-52-54-56-58-60-62-64-66-68-70-72-74-76-78-80-82-94-92-96(105)103(98(94)107)90-88-101-86-84-99-83-85-100-87-89-102-95(104)91-93(97(102)106)81-79-77-75-73-71-69-67-65-63-61-59-57-55-53-51-49-47-40-38-36-34-32-30-28-26-24-22-20-18-16-14-12-10-8-6-4-2/h79-82,93-94,99-101H,3-78,83-92H2,1-2H3. The molecule has 0 spiro atoms. The molecule has 0 aromatic heterocycles. The minimum Gasteiger partial charge on any atom is -0.314 e. The SMILES string of the molecule is CCCCCCCCCCCCCCCCCCCCCCCCCCCCCCCCCCCCC=CC1CC(=O)N(CCNCCNCCNCCN2C(=O)CC(C=CCCCCCCCCCCCCCCCCCCCCCCCCCCCCCCCCCCCCCCCCCC)C2=O)C1=O. The van der Waals surface area contributed by atoms with E-state index >= 15 is 0 Å². The molecule has 0 aromatic rings. The molecule has 2 aliphatic heterocycles. The van der Waals surface area contributed by atoms with E-state index < -0.39 is 0 Å². The minimum absolute atomic E-state index is 0.0545. The Labute approximate surface area is 668 Å². The largest absolute Gasteiger partial charge is 0.314 e. The van der Waals surface area contributed by atoms with Crippen LogP contribution < -0.4 is 16.0 Å². The Morgan fingerprint density at radius 3 is 0.542 bits per heavy atom. The summed E-state index contributed by atoms with van der Waals surface area (Å²) in [4.78, 5) is 54.4. The number of hydrogen-bond donors (Lipinski definition) is 3. The van der Waals surface area contributed by atoms with Gasteiger partial charge in [-0.15, -0.1) is 0 Å². The van der Waals surface area contributed by atoms with Crippen LogP contribution in [0.3, 0.4) is 0 Å². The van der Waals surface area contributed by atoms with Gasteiger partial charge in [-0.3, -0.25) is 29.0 Å². The quantitative estimate of drug-likeness (QED) is 0.0316. The summed E-state index contributed by atoms with van der Waals surface area (Å²) in [6, 6.07) is 0. The number of amides is 4. The van der Waals surface area contributed by atoms with Crippen LogP contribution in [0, 0.1) is 11.8 Å². The Kier molecular flexibility index (Phi) is 78.2. The van der Waals surface area contributed by atoms with Crippen LogP contribution in [0.5, 0.6) is 0 Å². The van der Waals surface area contributed by atoms with Gasteiger partial charge in [0.2, 0.25) is 23.6 Å². The molecule has 9 nitrogen and oxygen atoms in total. The van der Waals surface area contributed by atoms with Gasteiger partial charge in [0.25, 0.3) is 0 Å². The molecule has 0 bridgehead atoms. The van der Waals surface area contributed by atoms with Crippen LogP contribution in [0.25, 0.3) is 0 Å². The fourth-order valence-corrected chi connectivity index (χ4v) is 16.9. The molecular weight excluding hydrogens is 1310 g/mol. The van der Waals surface area contributed by atoms with Crippen LogP contribution in [-0.2, 0) is 19.2 Å². The molecule has 2 aliphatic rings. The van der Waals surface area contributed by atoms with Crippen molar-refractivity contribution in [2.24, 2.45) is 11.8 Å². The van der Waals surface area contributed by atoms with Crippen LogP contribution in [0.15, 0.2) is 24.3 Å². The molecule has 0 radical (unpaired) electrons. The van der Waals surface area contributed by atoms with Crippen molar-refractivity contribution in [2.45, 2.75) is 515 Å². The molecule has 2 atom stereocenters. The van der Waals surface area contributed by atoms with Crippen molar-refractivity contribution in [1.82, 2.24) is 25.8 Å². The maximum Gasteiger partial charge on any atom is 0.236 e. The van der Waals surface area contributed by atoms with E-state index in [-0.39, 0.29) is 35.5 Å². The average molecular weight is 1500 g/mol. The number of unbranched alkanes of at least 4 members (excludes halogenated alkanes) is 74. The van der Waals surface area contributed by atoms with E-state index in [1.54, 1.807) is 0 Å². The Morgan fingerprint density at radius 2 is 0.374 bits per heavy atom. The number of likely N-dealkylation sites (tertiary alicyclic amines) is 2. The summed E-state index contributed by atoms with van der Waals surface area (Å²) in [5.41, 5.74) is 0. The number of carbonyl (C=O) groups is 4. The highest BCUT2D eigenvalue weighted by atomic mass is 16.2. The van der Waals surface area contributed by atoms with E-state index in [1.165, 1.54) is 472 Å². The Morgan fingerprint density at radius 1 is 0.224 bits per heavy atom. The van der Waals surface area contributed by atoms with Crippen molar-refractivity contribution in [3.63, 3.8) is 0 Å². The highest BCUT2D eigenvalue weighted by Crippen LogP contribution is 2.25.